The van der Waals surface area contributed by atoms with Gasteiger partial charge in [-0.25, -0.2) is 21.6 Å². The van der Waals surface area contributed by atoms with Gasteiger partial charge in [-0.05, 0) is 48.9 Å². The largest absolute Gasteiger partial charge is 0.443 e. The fraction of sp³-hybridized carbons (Fsp3) is 0.269. The Kier molecular flexibility index (Phi) is 6.94. The lowest BCUT2D eigenvalue weighted by molar-refractivity contribution is -0.137. The van der Waals surface area contributed by atoms with Gasteiger partial charge in [-0.3, -0.25) is 14.8 Å². The maximum atomic E-state index is 14.4. The van der Waals surface area contributed by atoms with Crippen LogP contribution in [0.3, 0.4) is 0 Å². The number of benzene rings is 1. The average Bonchev–Trinajstić information content (AvgIpc) is 3.48. The second-order valence-corrected chi connectivity index (χ2v) is 11.1. The van der Waals surface area contributed by atoms with Crippen LogP contribution >= 0.6 is 0 Å². The first-order valence-corrected chi connectivity index (χ1v) is 13.3. The van der Waals surface area contributed by atoms with Crippen LogP contribution < -0.4 is 0 Å². The summed E-state index contributed by atoms with van der Waals surface area (Å²) >= 11 is 0. The van der Waals surface area contributed by atoms with E-state index in [1.54, 1.807) is 0 Å². The lowest BCUT2D eigenvalue weighted by Gasteiger charge is -2.21. The van der Waals surface area contributed by atoms with Gasteiger partial charge in [0.25, 0.3) is 15.9 Å². The SMILES string of the molecule is O=C(CCc1cc(-c2ccc(C(F)(F)F)cn2)ccn1)[C@@H]1CC(F)(F)CN1S(=O)(=O)c1cc2cc(F)ccc2o1. The minimum atomic E-state index is -4.68. The molecule has 7 nitrogen and oxygen atoms in total. The van der Waals surface area contributed by atoms with Gasteiger partial charge in [0, 0.05) is 47.9 Å². The highest BCUT2D eigenvalue weighted by molar-refractivity contribution is 7.89. The molecule has 5 rings (SSSR count). The molecule has 0 saturated carbocycles. The van der Waals surface area contributed by atoms with Gasteiger partial charge in [0.05, 0.1) is 23.8 Å². The summed E-state index contributed by atoms with van der Waals surface area (Å²) in [6, 6.07) is 7.67. The van der Waals surface area contributed by atoms with E-state index in [9.17, 15) is 39.6 Å². The predicted octanol–water partition coefficient (Wildman–Crippen LogP) is 5.65. The minimum absolute atomic E-state index is 0.0299. The summed E-state index contributed by atoms with van der Waals surface area (Å²) in [4.78, 5) is 21.0. The number of fused-ring (bicyclic) bond motifs is 1. The Hall–Kier alpha value is -3.78. The Morgan fingerprint density at radius 3 is 2.55 bits per heavy atom. The van der Waals surface area contributed by atoms with Crippen LogP contribution in [0, 0.1) is 5.82 Å². The molecule has 0 unspecified atom stereocenters. The van der Waals surface area contributed by atoms with Crippen LogP contribution in [0.15, 0.2) is 70.4 Å². The zero-order chi connectivity index (χ0) is 28.9. The first kappa shape index (κ1) is 27.8. The number of carbonyl (C=O) groups excluding carboxylic acids is 1. The minimum Gasteiger partial charge on any atom is -0.443 e. The number of hydrogen-bond acceptors (Lipinski definition) is 6. The highest BCUT2D eigenvalue weighted by atomic mass is 32.2. The van der Waals surface area contributed by atoms with Crippen molar-refractivity contribution < 1.29 is 44.0 Å². The van der Waals surface area contributed by atoms with Crippen LogP contribution in [0.4, 0.5) is 26.3 Å². The average molecular weight is 584 g/mol. The number of pyridine rings is 2. The lowest BCUT2D eigenvalue weighted by Crippen LogP contribution is -2.40. The number of sulfonamides is 1. The van der Waals surface area contributed by atoms with E-state index >= 15 is 0 Å². The summed E-state index contributed by atoms with van der Waals surface area (Å²) in [5, 5.41) is -0.581. The third-order valence-electron chi connectivity index (χ3n) is 6.45. The van der Waals surface area contributed by atoms with Gasteiger partial charge in [0.1, 0.15) is 11.4 Å². The smallest absolute Gasteiger partial charge is 0.417 e. The zero-order valence-electron chi connectivity index (χ0n) is 20.3. The molecule has 14 heteroatoms. The van der Waals surface area contributed by atoms with E-state index in [0.29, 0.717) is 21.8 Å². The number of Topliss-reactive ketones (excluding diaryl/α,β-unsaturated/α-hetero) is 1. The van der Waals surface area contributed by atoms with Crippen LogP contribution in [0.2, 0.25) is 0 Å². The number of hydrogen-bond donors (Lipinski definition) is 0. The summed E-state index contributed by atoms with van der Waals surface area (Å²) in [6.45, 7) is -1.23. The van der Waals surface area contributed by atoms with Gasteiger partial charge in [-0.15, -0.1) is 0 Å². The maximum Gasteiger partial charge on any atom is 0.417 e. The molecule has 3 aromatic heterocycles. The van der Waals surface area contributed by atoms with Crippen molar-refractivity contribution in [3.8, 4) is 11.3 Å². The molecule has 1 aliphatic rings. The van der Waals surface area contributed by atoms with Crippen molar-refractivity contribution in [3.63, 3.8) is 0 Å². The van der Waals surface area contributed by atoms with Crippen LogP contribution in [0.5, 0.6) is 0 Å². The molecule has 0 amide bonds. The summed E-state index contributed by atoms with van der Waals surface area (Å²) < 4.78 is 113. The van der Waals surface area contributed by atoms with Crippen molar-refractivity contribution in [1.82, 2.24) is 14.3 Å². The second-order valence-electron chi connectivity index (χ2n) is 9.31. The van der Waals surface area contributed by atoms with Crippen molar-refractivity contribution in [2.45, 2.75) is 42.5 Å². The van der Waals surface area contributed by atoms with Gasteiger partial charge in [-0.1, -0.05) is 0 Å². The fourth-order valence-corrected chi connectivity index (χ4v) is 6.06. The Balaban J connectivity index is 1.33. The van der Waals surface area contributed by atoms with Crippen molar-refractivity contribution in [3.05, 3.63) is 78.0 Å². The van der Waals surface area contributed by atoms with E-state index in [-0.39, 0.29) is 29.5 Å². The summed E-state index contributed by atoms with van der Waals surface area (Å²) in [5.41, 5.74) is 0.0811. The van der Waals surface area contributed by atoms with Gasteiger partial charge in [0.2, 0.25) is 5.09 Å². The van der Waals surface area contributed by atoms with Gasteiger partial charge in [-0.2, -0.15) is 17.5 Å². The molecule has 1 saturated heterocycles. The van der Waals surface area contributed by atoms with Gasteiger partial charge >= 0.3 is 6.18 Å². The van der Waals surface area contributed by atoms with Crippen LogP contribution in [0.25, 0.3) is 22.2 Å². The Morgan fingerprint density at radius 1 is 1.07 bits per heavy atom. The number of ketones is 1. The predicted molar refractivity (Wildman–Crippen MR) is 129 cm³/mol. The third kappa shape index (κ3) is 5.59. The number of rotatable bonds is 7. The summed E-state index contributed by atoms with van der Waals surface area (Å²) in [7, 11) is -4.68. The molecule has 0 N–H and O–H groups in total. The van der Waals surface area contributed by atoms with Crippen LogP contribution in [-0.4, -0.2) is 47.0 Å². The topological polar surface area (TPSA) is 93.4 Å². The maximum absolute atomic E-state index is 14.4. The molecule has 0 spiro atoms. The summed E-state index contributed by atoms with van der Waals surface area (Å²) in [6.07, 6.45) is -3.91. The molecular formula is C26H19F6N3O4S. The van der Waals surface area contributed by atoms with E-state index in [1.807, 2.05) is 0 Å². The number of furan rings is 1. The van der Waals surface area contributed by atoms with Crippen molar-refractivity contribution in [1.29, 1.82) is 0 Å². The molecule has 1 atom stereocenters. The van der Waals surface area contributed by atoms with Crippen LogP contribution in [0.1, 0.15) is 24.1 Å². The van der Waals surface area contributed by atoms with Crippen molar-refractivity contribution >= 4 is 26.8 Å². The third-order valence-corrected chi connectivity index (χ3v) is 8.16. The number of nitrogens with zero attached hydrogens (tertiary/aromatic N) is 3. The number of halogens is 6. The molecule has 1 aliphatic heterocycles. The second kappa shape index (κ2) is 10.0. The molecular weight excluding hydrogens is 564 g/mol. The monoisotopic (exact) mass is 583 g/mol. The number of alkyl halides is 5. The number of carbonyl (C=O) groups is 1. The molecule has 1 fully saturated rings. The summed E-state index contributed by atoms with van der Waals surface area (Å²) in [5.74, 6) is -4.90. The molecule has 4 aromatic rings. The molecule has 0 aliphatic carbocycles. The van der Waals surface area contributed by atoms with E-state index < -0.39 is 63.4 Å². The first-order chi connectivity index (χ1) is 18.7. The Bertz CT molecular complexity index is 1690. The Morgan fingerprint density at radius 2 is 1.85 bits per heavy atom. The molecule has 1 aromatic carbocycles. The standard InChI is InChI=1S/C26H19F6N3O4S/c27-18-2-6-23-16(9-18)11-24(39-23)40(37,38)35-14-25(28,29)12-21(35)22(36)5-3-19-10-15(7-8-33-19)20-4-1-17(13-34-20)26(30,31)32/h1-2,4,6-11,13,21H,3,5,12,14H2/t21-/m0/s1. The van der Waals surface area contributed by atoms with E-state index in [4.69, 9.17) is 4.42 Å². The Labute approximate surface area is 223 Å². The zero-order valence-corrected chi connectivity index (χ0v) is 21.1. The first-order valence-electron chi connectivity index (χ1n) is 11.8. The fourth-order valence-electron chi connectivity index (χ4n) is 4.47. The molecule has 40 heavy (non-hydrogen) atoms. The van der Waals surface area contributed by atoms with Gasteiger partial charge in [0.15, 0.2) is 5.78 Å². The van der Waals surface area contributed by atoms with Crippen molar-refractivity contribution in [2.75, 3.05) is 6.54 Å². The number of aromatic nitrogens is 2. The molecule has 0 radical (unpaired) electrons. The lowest BCUT2D eigenvalue weighted by atomic mass is 10.0. The molecule has 4 heterocycles. The highest BCUT2D eigenvalue weighted by Crippen LogP contribution is 2.38. The normalized spacial score (nSPS) is 17.9. The molecule has 0 bridgehead atoms. The van der Waals surface area contributed by atoms with E-state index in [2.05, 4.69) is 9.97 Å². The molecule has 210 valence electrons. The van der Waals surface area contributed by atoms with E-state index in [0.717, 1.165) is 24.3 Å². The van der Waals surface area contributed by atoms with E-state index in [1.165, 1.54) is 30.5 Å². The highest BCUT2D eigenvalue weighted by Gasteiger charge is 2.53. The van der Waals surface area contributed by atoms with Gasteiger partial charge < -0.3 is 4.42 Å². The quantitative estimate of drug-likeness (QED) is 0.261. The van der Waals surface area contributed by atoms with Crippen LogP contribution in [-0.2, 0) is 27.4 Å². The number of aryl methyl sites for hydroxylation is 1. The van der Waals surface area contributed by atoms with Crippen molar-refractivity contribution in [2.24, 2.45) is 0 Å².